The Morgan fingerprint density at radius 2 is 1.78 bits per heavy atom. The Labute approximate surface area is 184 Å². The molecule has 6 nitrogen and oxygen atoms in total. The molecule has 0 spiro atoms. The number of benzene rings is 1. The monoisotopic (exact) mass is 507 g/mol. The smallest absolute Gasteiger partial charge is 0.224 e. The molecule has 0 aliphatic carbocycles. The van der Waals surface area contributed by atoms with Crippen LogP contribution in [0.5, 0.6) is 0 Å². The summed E-state index contributed by atoms with van der Waals surface area (Å²) in [5.74, 6) is 0.794. The topological polar surface area (TPSA) is 68.8 Å². The highest BCUT2D eigenvalue weighted by Crippen LogP contribution is 2.13. The summed E-state index contributed by atoms with van der Waals surface area (Å²) in [5, 5.41) is 10.1. The highest BCUT2D eigenvalue weighted by atomic mass is 127. The summed E-state index contributed by atoms with van der Waals surface area (Å²) in [5.41, 5.74) is 0.766. The fraction of sp³-hybridized carbons (Fsp3) is 0.579. The summed E-state index contributed by atoms with van der Waals surface area (Å²) in [6.07, 6.45) is 5.18. The van der Waals surface area contributed by atoms with Crippen LogP contribution in [0.3, 0.4) is 0 Å². The van der Waals surface area contributed by atoms with Crippen LogP contribution in [0, 0.1) is 0 Å². The molecular weight excluding hydrogens is 477 g/mol. The minimum Gasteiger partial charge on any atom is -0.356 e. The Kier molecular flexibility index (Phi) is 12.4. The fourth-order valence-electron chi connectivity index (χ4n) is 2.95. The predicted molar refractivity (Wildman–Crippen MR) is 124 cm³/mol. The van der Waals surface area contributed by atoms with Gasteiger partial charge in [-0.2, -0.15) is 0 Å². The zero-order valence-corrected chi connectivity index (χ0v) is 19.1. The molecule has 2 rings (SSSR count). The molecule has 1 aliphatic rings. The molecule has 1 aromatic carbocycles. The zero-order valence-electron chi connectivity index (χ0n) is 16.0. The molecule has 0 aromatic heterocycles. The van der Waals surface area contributed by atoms with Crippen LogP contribution in [-0.4, -0.2) is 56.5 Å². The van der Waals surface area contributed by atoms with Crippen molar-refractivity contribution in [2.45, 2.75) is 32.1 Å². The van der Waals surface area contributed by atoms with E-state index in [-0.39, 0.29) is 29.9 Å². The quantitative estimate of drug-likeness (QED) is 0.219. The Balaban J connectivity index is 0.00000364. The van der Waals surface area contributed by atoms with E-state index in [9.17, 15) is 4.79 Å². The first-order valence-electron chi connectivity index (χ1n) is 9.39. The molecule has 27 heavy (non-hydrogen) atoms. The predicted octanol–water partition coefficient (Wildman–Crippen LogP) is 3.33. The van der Waals surface area contributed by atoms with E-state index in [0.29, 0.717) is 18.0 Å². The first-order chi connectivity index (χ1) is 12.7. The SMILES string of the molecule is CN=C(NCCCC(=O)Nc1ccc(Cl)cc1)NCCN1CCCCC1.I. The number of carbonyl (C=O) groups is 1. The van der Waals surface area contributed by atoms with Gasteiger partial charge >= 0.3 is 0 Å². The molecule has 1 saturated heterocycles. The number of rotatable bonds is 8. The first-order valence-corrected chi connectivity index (χ1v) is 9.77. The molecule has 3 N–H and O–H groups in total. The van der Waals surface area contributed by atoms with E-state index >= 15 is 0 Å². The lowest BCUT2D eigenvalue weighted by atomic mass is 10.1. The Hall–Kier alpha value is -1.06. The Bertz CT molecular complexity index is 576. The van der Waals surface area contributed by atoms with Gasteiger partial charge in [-0.3, -0.25) is 9.79 Å². The van der Waals surface area contributed by atoms with E-state index < -0.39 is 0 Å². The van der Waals surface area contributed by atoms with Gasteiger partial charge in [0, 0.05) is 43.8 Å². The van der Waals surface area contributed by atoms with Crippen molar-refractivity contribution in [3.63, 3.8) is 0 Å². The van der Waals surface area contributed by atoms with Crippen LogP contribution < -0.4 is 16.0 Å². The van der Waals surface area contributed by atoms with Crippen molar-refractivity contribution in [2.75, 3.05) is 45.1 Å². The van der Waals surface area contributed by atoms with Gasteiger partial charge in [-0.25, -0.2) is 0 Å². The van der Waals surface area contributed by atoms with Gasteiger partial charge in [0.1, 0.15) is 0 Å². The highest BCUT2D eigenvalue weighted by Gasteiger charge is 2.09. The minimum absolute atomic E-state index is 0. The lowest BCUT2D eigenvalue weighted by Crippen LogP contribution is -2.43. The molecular formula is C19H31ClIN5O. The van der Waals surface area contributed by atoms with Crippen LogP contribution in [0.2, 0.25) is 5.02 Å². The number of halogens is 2. The van der Waals surface area contributed by atoms with Crippen LogP contribution in [0.4, 0.5) is 5.69 Å². The van der Waals surface area contributed by atoms with E-state index in [1.165, 1.54) is 32.4 Å². The molecule has 0 saturated carbocycles. The molecule has 1 heterocycles. The number of nitrogens with one attached hydrogen (secondary N) is 3. The summed E-state index contributed by atoms with van der Waals surface area (Å²) in [6, 6.07) is 7.12. The van der Waals surface area contributed by atoms with Gasteiger partial charge in [-0.15, -0.1) is 24.0 Å². The highest BCUT2D eigenvalue weighted by molar-refractivity contribution is 14.0. The largest absolute Gasteiger partial charge is 0.356 e. The summed E-state index contributed by atoms with van der Waals surface area (Å²) < 4.78 is 0. The minimum atomic E-state index is 0. The number of carbonyl (C=O) groups excluding carboxylic acids is 1. The lowest BCUT2D eigenvalue weighted by Gasteiger charge is -2.26. The third kappa shape index (κ3) is 10.2. The number of hydrogen-bond acceptors (Lipinski definition) is 3. The van der Waals surface area contributed by atoms with Crippen molar-refractivity contribution in [1.29, 1.82) is 0 Å². The van der Waals surface area contributed by atoms with Gasteiger partial charge in [0.25, 0.3) is 0 Å². The van der Waals surface area contributed by atoms with Crippen molar-refractivity contribution in [3.05, 3.63) is 29.3 Å². The zero-order chi connectivity index (χ0) is 18.6. The maximum Gasteiger partial charge on any atom is 0.224 e. The molecule has 1 aromatic rings. The summed E-state index contributed by atoms with van der Waals surface area (Å²) in [6.45, 7) is 5.05. The van der Waals surface area contributed by atoms with E-state index in [1.54, 1.807) is 31.3 Å². The number of piperidine rings is 1. The average molecular weight is 508 g/mol. The molecule has 1 aliphatic heterocycles. The van der Waals surface area contributed by atoms with E-state index in [1.807, 2.05) is 0 Å². The fourth-order valence-corrected chi connectivity index (χ4v) is 3.07. The molecule has 0 unspecified atom stereocenters. The van der Waals surface area contributed by atoms with Crippen LogP contribution >= 0.6 is 35.6 Å². The normalized spacial score (nSPS) is 15.0. The van der Waals surface area contributed by atoms with Crippen molar-refractivity contribution in [2.24, 2.45) is 4.99 Å². The number of nitrogens with zero attached hydrogens (tertiary/aromatic N) is 2. The maximum atomic E-state index is 11.9. The van der Waals surface area contributed by atoms with Gasteiger partial charge in [0.05, 0.1) is 0 Å². The summed E-state index contributed by atoms with van der Waals surface area (Å²) in [4.78, 5) is 18.7. The van der Waals surface area contributed by atoms with Crippen LogP contribution in [-0.2, 0) is 4.79 Å². The average Bonchev–Trinajstić information content (AvgIpc) is 2.66. The van der Waals surface area contributed by atoms with Crippen molar-refractivity contribution in [3.8, 4) is 0 Å². The van der Waals surface area contributed by atoms with Crippen LogP contribution in [0.1, 0.15) is 32.1 Å². The van der Waals surface area contributed by atoms with Crippen molar-refractivity contribution in [1.82, 2.24) is 15.5 Å². The molecule has 1 amide bonds. The number of hydrogen-bond donors (Lipinski definition) is 3. The molecule has 1 fully saturated rings. The van der Waals surface area contributed by atoms with Gasteiger partial charge in [-0.1, -0.05) is 18.0 Å². The molecule has 8 heteroatoms. The van der Waals surface area contributed by atoms with Crippen LogP contribution in [0.15, 0.2) is 29.3 Å². The molecule has 0 radical (unpaired) electrons. The second-order valence-corrected chi connectivity index (χ2v) is 6.92. The standard InChI is InChI=1S/C19H30ClN5O.HI/c1-21-19(23-12-15-25-13-3-2-4-14-25)22-11-5-6-18(26)24-17-9-7-16(20)8-10-17;/h7-10H,2-6,11-15H2,1H3,(H,24,26)(H2,21,22,23);1H. The number of likely N-dealkylation sites (tertiary alicyclic amines) is 1. The number of amides is 1. The van der Waals surface area contributed by atoms with E-state index in [2.05, 4.69) is 25.8 Å². The van der Waals surface area contributed by atoms with Crippen molar-refractivity contribution < 1.29 is 4.79 Å². The van der Waals surface area contributed by atoms with E-state index in [0.717, 1.165) is 31.2 Å². The van der Waals surface area contributed by atoms with E-state index in [4.69, 9.17) is 11.6 Å². The first kappa shape index (κ1) is 24.0. The summed E-state index contributed by atoms with van der Waals surface area (Å²) >= 11 is 5.83. The Morgan fingerprint density at radius 1 is 1.11 bits per heavy atom. The maximum absolute atomic E-state index is 11.9. The van der Waals surface area contributed by atoms with Gasteiger partial charge in [-0.05, 0) is 56.6 Å². The van der Waals surface area contributed by atoms with Gasteiger partial charge in [0.15, 0.2) is 5.96 Å². The third-order valence-corrected chi connectivity index (χ3v) is 4.65. The van der Waals surface area contributed by atoms with Crippen molar-refractivity contribution >= 4 is 53.1 Å². The van der Waals surface area contributed by atoms with Crippen LogP contribution in [0.25, 0.3) is 0 Å². The molecule has 0 bridgehead atoms. The molecule has 0 atom stereocenters. The number of guanidine groups is 1. The third-order valence-electron chi connectivity index (χ3n) is 4.39. The Morgan fingerprint density at radius 3 is 2.44 bits per heavy atom. The number of aliphatic imine (C=N–C) groups is 1. The second-order valence-electron chi connectivity index (χ2n) is 6.49. The number of anilines is 1. The molecule has 152 valence electrons. The van der Waals surface area contributed by atoms with Gasteiger partial charge < -0.3 is 20.9 Å². The van der Waals surface area contributed by atoms with Gasteiger partial charge in [0.2, 0.25) is 5.91 Å². The lowest BCUT2D eigenvalue weighted by molar-refractivity contribution is -0.116. The summed E-state index contributed by atoms with van der Waals surface area (Å²) in [7, 11) is 1.77. The second kappa shape index (κ2) is 14.0.